The summed E-state index contributed by atoms with van der Waals surface area (Å²) in [6, 6.07) is 5.93. The van der Waals surface area contributed by atoms with Gasteiger partial charge in [0.1, 0.15) is 5.75 Å². The van der Waals surface area contributed by atoms with Crippen LogP contribution in [0, 0.1) is 5.92 Å². The molecule has 4 heteroatoms. The van der Waals surface area contributed by atoms with Gasteiger partial charge in [-0.25, -0.2) is 0 Å². The van der Waals surface area contributed by atoms with Crippen molar-refractivity contribution >= 4 is 16.8 Å². The molecule has 3 rings (SSSR count). The number of aromatic amines is 1. The van der Waals surface area contributed by atoms with E-state index in [0.29, 0.717) is 6.42 Å². The molecule has 1 fully saturated rings. The van der Waals surface area contributed by atoms with Gasteiger partial charge in [0.25, 0.3) is 0 Å². The number of ether oxygens (including phenoxy) is 1. The number of nitrogens with one attached hydrogen (secondary N) is 1. The number of nitrogens with zero attached hydrogens (tertiary/aromatic N) is 1. The van der Waals surface area contributed by atoms with Gasteiger partial charge in [0.15, 0.2) is 0 Å². The number of carbonyl (C=O) groups is 1. The van der Waals surface area contributed by atoms with Crippen LogP contribution in [0.2, 0.25) is 0 Å². The minimum absolute atomic E-state index is 0.234. The fourth-order valence-electron chi connectivity index (χ4n) is 2.91. The number of benzene rings is 1. The second-order valence-electron chi connectivity index (χ2n) is 6.19. The summed E-state index contributed by atoms with van der Waals surface area (Å²) in [6.07, 6.45) is 5.97. The van der Waals surface area contributed by atoms with E-state index in [1.165, 1.54) is 12.8 Å². The molecule has 1 aliphatic rings. The van der Waals surface area contributed by atoms with Crippen LogP contribution >= 0.6 is 0 Å². The zero-order valence-electron chi connectivity index (χ0n) is 13.4. The van der Waals surface area contributed by atoms with Gasteiger partial charge < -0.3 is 14.6 Å². The molecule has 1 N–H and O–H groups in total. The lowest BCUT2D eigenvalue weighted by molar-refractivity contribution is -0.130. The van der Waals surface area contributed by atoms with E-state index in [9.17, 15) is 4.79 Å². The van der Waals surface area contributed by atoms with Gasteiger partial charge in [-0.05, 0) is 48.9 Å². The molecule has 22 heavy (non-hydrogen) atoms. The number of amides is 1. The number of fused-ring (bicyclic) bond motifs is 1. The van der Waals surface area contributed by atoms with E-state index in [0.717, 1.165) is 47.6 Å². The highest BCUT2D eigenvalue weighted by atomic mass is 16.5. The van der Waals surface area contributed by atoms with Crippen LogP contribution < -0.4 is 4.74 Å². The van der Waals surface area contributed by atoms with E-state index in [1.807, 2.05) is 29.3 Å². The summed E-state index contributed by atoms with van der Waals surface area (Å²) in [6.45, 7) is 3.92. The predicted octanol–water partition coefficient (Wildman–Crippen LogP) is 3.37. The Bertz CT molecular complexity index is 658. The number of H-pyrrole nitrogens is 1. The molecule has 0 saturated heterocycles. The Hall–Kier alpha value is -1.97. The van der Waals surface area contributed by atoms with E-state index < -0.39 is 0 Å². The molecule has 0 aliphatic heterocycles. The molecular formula is C18H24N2O2. The topological polar surface area (TPSA) is 45.3 Å². The molecule has 2 aromatic rings. The monoisotopic (exact) mass is 300 g/mol. The fraction of sp³-hybridized carbons (Fsp3) is 0.500. The molecule has 1 heterocycles. The van der Waals surface area contributed by atoms with Crippen LogP contribution in [0.5, 0.6) is 5.75 Å². The van der Waals surface area contributed by atoms with Crippen LogP contribution in [0.15, 0.2) is 24.4 Å². The molecule has 0 spiro atoms. The van der Waals surface area contributed by atoms with Gasteiger partial charge in [0, 0.05) is 30.2 Å². The molecule has 118 valence electrons. The molecule has 0 unspecified atom stereocenters. The van der Waals surface area contributed by atoms with Crippen molar-refractivity contribution in [3.63, 3.8) is 0 Å². The van der Waals surface area contributed by atoms with Gasteiger partial charge in [-0.2, -0.15) is 0 Å². The Morgan fingerprint density at radius 2 is 2.23 bits per heavy atom. The summed E-state index contributed by atoms with van der Waals surface area (Å²) in [5.41, 5.74) is 2.10. The van der Waals surface area contributed by atoms with Crippen molar-refractivity contribution in [1.82, 2.24) is 9.88 Å². The van der Waals surface area contributed by atoms with Crippen molar-refractivity contribution < 1.29 is 9.53 Å². The Labute approximate surface area is 131 Å². The van der Waals surface area contributed by atoms with Crippen molar-refractivity contribution in [3.8, 4) is 5.75 Å². The number of hydrogen-bond donors (Lipinski definition) is 1. The van der Waals surface area contributed by atoms with E-state index >= 15 is 0 Å². The van der Waals surface area contributed by atoms with Crippen molar-refractivity contribution in [2.45, 2.75) is 32.6 Å². The van der Waals surface area contributed by atoms with E-state index in [1.54, 1.807) is 7.11 Å². The Balaban J connectivity index is 1.76. The SMILES string of the molecule is CCCN(CC1CC1)C(=O)Cc1c[nH]c2ccc(OC)cc12. The lowest BCUT2D eigenvalue weighted by Crippen LogP contribution is -2.34. The van der Waals surface area contributed by atoms with Gasteiger partial charge in [0.05, 0.1) is 13.5 Å². The van der Waals surface area contributed by atoms with Gasteiger partial charge in [-0.15, -0.1) is 0 Å². The summed E-state index contributed by atoms with van der Waals surface area (Å²) in [5.74, 6) is 1.79. The summed E-state index contributed by atoms with van der Waals surface area (Å²) in [5, 5.41) is 1.08. The molecular weight excluding hydrogens is 276 g/mol. The van der Waals surface area contributed by atoms with Crippen molar-refractivity contribution in [1.29, 1.82) is 0 Å². The Kier molecular flexibility index (Phi) is 4.36. The van der Waals surface area contributed by atoms with Crippen LogP contribution in [0.25, 0.3) is 10.9 Å². The van der Waals surface area contributed by atoms with Crippen LogP contribution in [-0.2, 0) is 11.2 Å². The van der Waals surface area contributed by atoms with Crippen LogP contribution in [0.1, 0.15) is 31.7 Å². The van der Waals surface area contributed by atoms with Gasteiger partial charge in [-0.1, -0.05) is 6.92 Å². The van der Waals surface area contributed by atoms with E-state index in [2.05, 4.69) is 11.9 Å². The third kappa shape index (κ3) is 3.26. The number of rotatable bonds is 7. The zero-order valence-corrected chi connectivity index (χ0v) is 13.4. The predicted molar refractivity (Wildman–Crippen MR) is 88.1 cm³/mol. The number of methoxy groups -OCH3 is 1. The van der Waals surface area contributed by atoms with E-state index in [4.69, 9.17) is 4.74 Å². The first-order chi connectivity index (χ1) is 10.7. The molecule has 1 aromatic carbocycles. The van der Waals surface area contributed by atoms with E-state index in [-0.39, 0.29) is 5.91 Å². The quantitative estimate of drug-likeness (QED) is 0.852. The first kappa shape index (κ1) is 14.9. The highest BCUT2D eigenvalue weighted by Crippen LogP contribution is 2.30. The number of carbonyl (C=O) groups excluding carboxylic acids is 1. The molecule has 1 saturated carbocycles. The molecule has 1 aliphatic carbocycles. The first-order valence-corrected chi connectivity index (χ1v) is 8.13. The van der Waals surface area contributed by atoms with Gasteiger partial charge in [0.2, 0.25) is 5.91 Å². The normalized spacial score (nSPS) is 14.3. The van der Waals surface area contributed by atoms with Crippen molar-refractivity contribution in [2.75, 3.05) is 20.2 Å². The van der Waals surface area contributed by atoms with Crippen LogP contribution in [-0.4, -0.2) is 36.0 Å². The number of aromatic nitrogens is 1. The largest absolute Gasteiger partial charge is 0.497 e. The average Bonchev–Trinajstić information content (AvgIpc) is 3.27. The lowest BCUT2D eigenvalue weighted by Gasteiger charge is -2.22. The van der Waals surface area contributed by atoms with Crippen molar-refractivity contribution in [2.24, 2.45) is 5.92 Å². The van der Waals surface area contributed by atoms with Gasteiger partial charge >= 0.3 is 0 Å². The maximum absolute atomic E-state index is 12.6. The molecule has 1 aromatic heterocycles. The summed E-state index contributed by atoms with van der Waals surface area (Å²) in [7, 11) is 1.66. The van der Waals surface area contributed by atoms with Gasteiger partial charge in [-0.3, -0.25) is 4.79 Å². The summed E-state index contributed by atoms with van der Waals surface area (Å²) in [4.78, 5) is 17.9. The smallest absolute Gasteiger partial charge is 0.227 e. The molecule has 4 nitrogen and oxygen atoms in total. The summed E-state index contributed by atoms with van der Waals surface area (Å²) < 4.78 is 5.29. The second kappa shape index (κ2) is 6.42. The van der Waals surface area contributed by atoms with Crippen LogP contribution in [0.4, 0.5) is 0 Å². The molecule has 0 radical (unpaired) electrons. The minimum Gasteiger partial charge on any atom is -0.497 e. The maximum atomic E-state index is 12.6. The third-order valence-electron chi connectivity index (χ3n) is 4.34. The minimum atomic E-state index is 0.234. The highest BCUT2D eigenvalue weighted by molar-refractivity contribution is 5.89. The lowest BCUT2D eigenvalue weighted by atomic mass is 10.1. The molecule has 1 amide bonds. The average molecular weight is 300 g/mol. The zero-order chi connectivity index (χ0) is 15.5. The standard InChI is InChI=1S/C18H24N2O2/c1-3-8-20(12-13-4-5-13)18(21)9-14-11-19-17-7-6-15(22-2)10-16(14)17/h6-7,10-11,13,19H,3-5,8-9,12H2,1-2H3. The Morgan fingerprint density at radius 3 is 2.91 bits per heavy atom. The highest BCUT2D eigenvalue weighted by Gasteiger charge is 2.26. The maximum Gasteiger partial charge on any atom is 0.227 e. The summed E-state index contributed by atoms with van der Waals surface area (Å²) >= 11 is 0. The fourth-order valence-corrected chi connectivity index (χ4v) is 2.91. The first-order valence-electron chi connectivity index (χ1n) is 8.13. The molecule has 0 atom stereocenters. The number of hydrogen-bond acceptors (Lipinski definition) is 2. The second-order valence-corrected chi connectivity index (χ2v) is 6.19. The Morgan fingerprint density at radius 1 is 1.41 bits per heavy atom. The van der Waals surface area contributed by atoms with Crippen LogP contribution in [0.3, 0.4) is 0 Å². The van der Waals surface area contributed by atoms with Crippen molar-refractivity contribution in [3.05, 3.63) is 30.0 Å². The molecule has 0 bridgehead atoms. The third-order valence-corrected chi connectivity index (χ3v) is 4.34.